The van der Waals surface area contributed by atoms with Crippen LogP contribution < -0.4 is 5.32 Å². The maximum absolute atomic E-state index is 12.7. The Morgan fingerprint density at radius 3 is 2.56 bits per heavy atom. The Morgan fingerprint density at radius 1 is 1.06 bits per heavy atom. The molecule has 0 aliphatic carbocycles. The molecule has 164 valence electrons. The minimum absolute atomic E-state index is 0.0921. The van der Waals surface area contributed by atoms with Crippen molar-refractivity contribution in [3.63, 3.8) is 0 Å². The van der Waals surface area contributed by atoms with E-state index in [2.05, 4.69) is 9.88 Å². The second-order valence-electron chi connectivity index (χ2n) is 7.74. The number of nitrogens with zero attached hydrogens (tertiary/aromatic N) is 1. The number of nitrogens with one attached hydrogen (secondary N) is 1. The van der Waals surface area contributed by atoms with Gasteiger partial charge in [0.05, 0.1) is 17.4 Å². The molecule has 1 atom stereocenters. The van der Waals surface area contributed by atoms with Gasteiger partial charge >= 0.3 is 5.97 Å². The molecule has 6 nitrogen and oxygen atoms in total. The zero-order chi connectivity index (χ0) is 22.7. The highest BCUT2D eigenvalue weighted by Gasteiger charge is 2.29. The van der Waals surface area contributed by atoms with Crippen molar-refractivity contribution in [3.8, 4) is 0 Å². The fraction of sp³-hybridized carbons (Fsp3) is 0.240. The average molecular weight is 449 g/mol. The van der Waals surface area contributed by atoms with Crippen molar-refractivity contribution in [2.45, 2.75) is 37.0 Å². The van der Waals surface area contributed by atoms with E-state index < -0.39 is 11.2 Å². The normalized spacial score (nSPS) is 15.1. The van der Waals surface area contributed by atoms with Crippen molar-refractivity contribution in [2.24, 2.45) is 0 Å². The Balaban J connectivity index is 1.35. The summed E-state index contributed by atoms with van der Waals surface area (Å²) in [5.41, 5.74) is 4.24. The SMILES string of the molecule is Cc1cc(C(=O)COC(=O)CC2Sc3ccccc3NC2=O)c(C)n1Cc1ccccc1. The lowest BCUT2D eigenvalue weighted by molar-refractivity contribution is -0.143. The van der Waals surface area contributed by atoms with Gasteiger partial charge in [-0.1, -0.05) is 42.5 Å². The first-order chi connectivity index (χ1) is 15.4. The number of thioether (sulfide) groups is 1. The number of ether oxygens (including phenoxy) is 1. The molecule has 4 rings (SSSR count). The predicted molar refractivity (Wildman–Crippen MR) is 124 cm³/mol. The smallest absolute Gasteiger partial charge is 0.307 e. The number of ketones is 1. The van der Waals surface area contributed by atoms with Crippen molar-refractivity contribution >= 4 is 35.1 Å². The largest absolute Gasteiger partial charge is 0.457 e. The number of esters is 1. The molecule has 1 aliphatic rings. The molecule has 0 bridgehead atoms. The number of aryl methyl sites for hydroxylation is 1. The lowest BCUT2D eigenvalue weighted by Gasteiger charge is -2.23. The van der Waals surface area contributed by atoms with Gasteiger partial charge in [-0.2, -0.15) is 0 Å². The number of Topliss-reactive ketones (excluding diaryl/α,β-unsaturated/α-hetero) is 1. The van der Waals surface area contributed by atoms with Crippen molar-refractivity contribution < 1.29 is 19.1 Å². The van der Waals surface area contributed by atoms with Crippen LogP contribution in [0.15, 0.2) is 65.6 Å². The first-order valence-corrected chi connectivity index (χ1v) is 11.3. The third-order valence-electron chi connectivity index (χ3n) is 5.48. The number of fused-ring (bicyclic) bond motifs is 1. The van der Waals surface area contributed by atoms with E-state index in [0.717, 1.165) is 27.5 Å². The first kappa shape index (κ1) is 21.9. The second-order valence-corrected chi connectivity index (χ2v) is 8.98. The van der Waals surface area contributed by atoms with Crippen LogP contribution in [0.3, 0.4) is 0 Å². The van der Waals surface area contributed by atoms with E-state index in [1.54, 1.807) is 0 Å². The fourth-order valence-corrected chi connectivity index (χ4v) is 4.85. The summed E-state index contributed by atoms with van der Waals surface area (Å²) in [6, 6.07) is 19.3. The minimum atomic E-state index is -0.580. The van der Waals surface area contributed by atoms with Gasteiger partial charge in [0.1, 0.15) is 0 Å². The molecule has 3 aromatic rings. The number of carbonyl (C=O) groups excluding carboxylic acids is 3. The highest BCUT2D eigenvalue weighted by molar-refractivity contribution is 8.01. The van der Waals surface area contributed by atoms with Gasteiger partial charge in [0, 0.05) is 28.4 Å². The van der Waals surface area contributed by atoms with Gasteiger partial charge in [0.2, 0.25) is 11.7 Å². The number of hydrogen-bond donors (Lipinski definition) is 1. The monoisotopic (exact) mass is 448 g/mol. The molecule has 0 saturated heterocycles. The van der Waals surface area contributed by atoms with Crippen LogP contribution in [0.4, 0.5) is 5.69 Å². The van der Waals surface area contributed by atoms with E-state index >= 15 is 0 Å². The van der Waals surface area contributed by atoms with E-state index in [9.17, 15) is 14.4 Å². The quantitative estimate of drug-likeness (QED) is 0.429. The van der Waals surface area contributed by atoms with Crippen molar-refractivity contribution in [2.75, 3.05) is 11.9 Å². The number of carbonyl (C=O) groups is 3. The summed E-state index contributed by atoms with van der Waals surface area (Å²) in [5.74, 6) is -1.05. The molecule has 1 aromatic heterocycles. The lowest BCUT2D eigenvalue weighted by atomic mass is 10.1. The molecular formula is C25H24N2O4S. The molecule has 1 aliphatic heterocycles. The molecule has 0 fully saturated rings. The average Bonchev–Trinajstić information content (AvgIpc) is 3.07. The van der Waals surface area contributed by atoms with E-state index in [1.807, 2.05) is 74.5 Å². The van der Waals surface area contributed by atoms with Crippen molar-refractivity contribution in [1.29, 1.82) is 0 Å². The maximum Gasteiger partial charge on any atom is 0.307 e. The minimum Gasteiger partial charge on any atom is -0.457 e. The third-order valence-corrected chi connectivity index (χ3v) is 6.76. The van der Waals surface area contributed by atoms with Gasteiger partial charge in [-0.05, 0) is 37.6 Å². The molecular weight excluding hydrogens is 424 g/mol. The molecule has 0 spiro atoms. The zero-order valence-corrected chi connectivity index (χ0v) is 18.8. The Labute approximate surface area is 191 Å². The third kappa shape index (κ3) is 4.78. The zero-order valence-electron chi connectivity index (χ0n) is 18.0. The Hall–Kier alpha value is -3.32. The summed E-state index contributed by atoms with van der Waals surface area (Å²) in [7, 11) is 0. The summed E-state index contributed by atoms with van der Waals surface area (Å²) in [5, 5.41) is 2.23. The second kappa shape index (κ2) is 9.44. The number of hydrogen-bond acceptors (Lipinski definition) is 5. The molecule has 2 heterocycles. The molecule has 0 radical (unpaired) electrons. The fourth-order valence-electron chi connectivity index (χ4n) is 3.75. The van der Waals surface area contributed by atoms with Gasteiger partial charge in [0.15, 0.2) is 6.61 Å². The summed E-state index contributed by atoms with van der Waals surface area (Å²) >= 11 is 1.33. The van der Waals surface area contributed by atoms with Crippen molar-refractivity contribution in [1.82, 2.24) is 4.57 Å². The highest BCUT2D eigenvalue weighted by atomic mass is 32.2. The van der Waals surface area contributed by atoms with E-state index in [1.165, 1.54) is 11.8 Å². The van der Waals surface area contributed by atoms with Crippen LogP contribution in [0, 0.1) is 13.8 Å². The topological polar surface area (TPSA) is 77.4 Å². The Morgan fingerprint density at radius 2 is 1.78 bits per heavy atom. The molecule has 2 aromatic carbocycles. The molecule has 1 N–H and O–H groups in total. The molecule has 1 amide bonds. The van der Waals surface area contributed by atoms with Gasteiger partial charge in [-0.25, -0.2) is 0 Å². The lowest BCUT2D eigenvalue weighted by Crippen LogP contribution is -2.31. The molecule has 32 heavy (non-hydrogen) atoms. The molecule has 1 unspecified atom stereocenters. The van der Waals surface area contributed by atoms with E-state index in [0.29, 0.717) is 12.1 Å². The van der Waals surface area contributed by atoms with Crippen molar-refractivity contribution in [3.05, 3.63) is 83.2 Å². The summed E-state index contributed by atoms with van der Waals surface area (Å²) in [6.45, 7) is 4.17. The number of para-hydroxylation sites is 1. The number of anilines is 1. The van der Waals surface area contributed by atoms with Gasteiger partial charge in [-0.3, -0.25) is 14.4 Å². The molecule has 0 saturated carbocycles. The van der Waals surface area contributed by atoms with Crippen LogP contribution in [0.25, 0.3) is 0 Å². The van der Waals surface area contributed by atoms with E-state index in [4.69, 9.17) is 4.74 Å². The Kier molecular flexibility index (Phi) is 6.46. The number of amides is 1. The number of benzene rings is 2. The van der Waals surface area contributed by atoms with Gasteiger partial charge in [-0.15, -0.1) is 11.8 Å². The van der Waals surface area contributed by atoms with Gasteiger partial charge < -0.3 is 14.6 Å². The van der Waals surface area contributed by atoms with Gasteiger partial charge in [0.25, 0.3) is 0 Å². The van der Waals surface area contributed by atoms with Crippen LogP contribution in [-0.2, 0) is 20.9 Å². The van der Waals surface area contributed by atoms with Crippen LogP contribution >= 0.6 is 11.8 Å². The van der Waals surface area contributed by atoms with E-state index in [-0.39, 0.29) is 24.7 Å². The summed E-state index contributed by atoms with van der Waals surface area (Å²) in [4.78, 5) is 38.2. The predicted octanol–water partition coefficient (Wildman–Crippen LogP) is 4.38. The maximum atomic E-state index is 12.7. The summed E-state index contributed by atoms with van der Waals surface area (Å²) in [6.07, 6.45) is -0.0921. The standard InChI is InChI=1S/C25H24N2O4S/c1-16-12-19(17(2)27(16)14-18-8-4-3-5-9-18)21(28)15-31-24(29)13-23-25(30)26-20-10-6-7-11-22(20)32-23/h3-12,23H,13-15H2,1-2H3,(H,26,30). The first-order valence-electron chi connectivity index (χ1n) is 10.4. The Bertz CT molecular complexity index is 1170. The number of rotatable bonds is 7. The summed E-state index contributed by atoms with van der Waals surface area (Å²) < 4.78 is 7.30. The number of aromatic nitrogens is 1. The van der Waals surface area contributed by atoms with Crippen LogP contribution in [0.2, 0.25) is 0 Å². The van der Waals surface area contributed by atoms with Crippen LogP contribution in [0.5, 0.6) is 0 Å². The highest BCUT2D eigenvalue weighted by Crippen LogP contribution is 2.36. The van der Waals surface area contributed by atoms with Crippen LogP contribution in [0.1, 0.15) is 33.7 Å². The molecule has 7 heteroatoms. The van der Waals surface area contributed by atoms with Crippen LogP contribution in [-0.4, -0.2) is 34.1 Å².